The molecule has 26 heavy (non-hydrogen) atoms. The summed E-state index contributed by atoms with van der Waals surface area (Å²) >= 11 is 0. The second-order valence-electron chi connectivity index (χ2n) is 6.74. The summed E-state index contributed by atoms with van der Waals surface area (Å²) in [5, 5.41) is 3.71. The van der Waals surface area contributed by atoms with E-state index in [9.17, 15) is 4.79 Å². The van der Waals surface area contributed by atoms with Crippen molar-refractivity contribution in [2.75, 3.05) is 50.9 Å². The van der Waals surface area contributed by atoms with Crippen LogP contribution in [0.4, 0.5) is 5.69 Å². The van der Waals surface area contributed by atoms with Crippen molar-refractivity contribution in [2.45, 2.75) is 12.5 Å². The summed E-state index contributed by atoms with van der Waals surface area (Å²) < 4.78 is 17.0. The zero-order valence-electron chi connectivity index (χ0n) is 14.8. The molecule has 2 aromatic rings. The van der Waals surface area contributed by atoms with Crippen molar-refractivity contribution in [1.29, 1.82) is 0 Å². The highest BCUT2D eigenvalue weighted by molar-refractivity contribution is 5.94. The van der Waals surface area contributed by atoms with Crippen LogP contribution in [0.25, 0.3) is 0 Å². The van der Waals surface area contributed by atoms with Crippen LogP contribution in [0.3, 0.4) is 0 Å². The van der Waals surface area contributed by atoms with Crippen LogP contribution in [-0.4, -0.2) is 72.5 Å². The molecule has 0 radical (unpaired) electrons. The summed E-state index contributed by atoms with van der Waals surface area (Å²) in [4.78, 5) is 21.1. The zero-order chi connectivity index (χ0) is 18.0. The second kappa shape index (κ2) is 7.05. The van der Waals surface area contributed by atoms with Crippen molar-refractivity contribution in [3.8, 4) is 0 Å². The number of nitrogens with zero attached hydrogens (tertiary/aromatic N) is 4. The summed E-state index contributed by atoms with van der Waals surface area (Å²) in [6.45, 7) is 5.69. The SMILES string of the molecule is Cc1oncc1C(=O)N1CCOC2(COCCN(c3cccnc3)C2)C1. The summed E-state index contributed by atoms with van der Waals surface area (Å²) in [5.41, 5.74) is 0.964. The number of carbonyl (C=O) groups is 1. The number of amides is 1. The number of hydrogen-bond donors (Lipinski definition) is 0. The van der Waals surface area contributed by atoms with E-state index in [0.29, 0.717) is 50.8 Å². The third-order valence-electron chi connectivity index (χ3n) is 4.88. The number of carbonyl (C=O) groups excluding carboxylic acids is 1. The molecule has 0 aromatic carbocycles. The number of aryl methyl sites for hydroxylation is 1. The third kappa shape index (κ3) is 3.30. The van der Waals surface area contributed by atoms with Gasteiger partial charge in [0.05, 0.1) is 51.0 Å². The molecule has 2 fully saturated rings. The Kier molecular flexibility index (Phi) is 4.60. The first kappa shape index (κ1) is 17.0. The van der Waals surface area contributed by atoms with Crippen molar-refractivity contribution in [1.82, 2.24) is 15.0 Å². The van der Waals surface area contributed by atoms with Crippen LogP contribution in [0.15, 0.2) is 35.2 Å². The molecule has 138 valence electrons. The van der Waals surface area contributed by atoms with Crippen LogP contribution in [0.2, 0.25) is 0 Å². The predicted octanol–water partition coefficient (Wildman–Crippen LogP) is 1.13. The van der Waals surface area contributed by atoms with Crippen LogP contribution in [0, 0.1) is 6.92 Å². The van der Waals surface area contributed by atoms with E-state index in [1.807, 2.05) is 18.3 Å². The van der Waals surface area contributed by atoms with Crippen LogP contribution in [0.5, 0.6) is 0 Å². The quantitative estimate of drug-likeness (QED) is 0.796. The van der Waals surface area contributed by atoms with E-state index in [4.69, 9.17) is 14.0 Å². The van der Waals surface area contributed by atoms with Gasteiger partial charge in [0.2, 0.25) is 0 Å². The molecule has 0 bridgehead atoms. The highest BCUT2D eigenvalue weighted by atomic mass is 16.5. The molecule has 4 rings (SSSR count). The van der Waals surface area contributed by atoms with Crippen LogP contribution < -0.4 is 4.90 Å². The highest BCUT2D eigenvalue weighted by Gasteiger charge is 2.42. The Labute approximate surface area is 151 Å². The topological polar surface area (TPSA) is 80.9 Å². The molecule has 2 saturated heterocycles. The maximum atomic E-state index is 12.9. The van der Waals surface area contributed by atoms with Gasteiger partial charge < -0.3 is 23.8 Å². The van der Waals surface area contributed by atoms with E-state index in [1.165, 1.54) is 6.20 Å². The van der Waals surface area contributed by atoms with Gasteiger partial charge in [-0.1, -0.05) is 5.16 Å². The van der Waals surface area contributed by atoms with Gasteiger partial charge in [0.25, 0.3) is 5.91 Å². The minimum Gasteiger partial charge on any atom is -0.376 e. The van der Waals surface area contributed by atoms with Gasteiger partial charge in [0, 0.05) is 19.3 Å². The fourth-order valence-corrected chi connectivity index (χ4v) is 3.54. The predicted molar refractivity (Wildman–Crippen MR) is 93.1 cm³/mol. The number of ether oxygens (including phenoxy) is 2. The molecule has 1 amide bonds. The molecule has 1 atom stereocenters. The average molecular weight is 358 g/mol. The minimum atomic E-state index is -0.564. The fraction of sp³-hybridized carbons (Fsp3) is 0.500. The van der Waals surface area contributed by atoms with Gasteiger partial charge in [-0.3, -0.25) is 9.78 Å². The first-order valence-corrected chi connectivity index (χ1v) is 8.74. The first-order valence-electron chi connectivity index (χ1n) is 8.74. The lowest BCUT2D eigenvalue weighted by atomic mass is 10.0. The smallest absolute Gasteiger partial charge is 0.259 e. The standard InChI is InChI=1S/C18H22N4O4/c1-14-16(10-20-26-14)17(23)22-6-8-25-18(12-22)11-21(5-7-24-13-18)15-3-2-4-19-9-15/h2-4,9-10H,5-8,11-13H2,1H3. The number of rotatable bonds is 2. The largest absolute Gasteiger partial charge is 0.376 e. The van der Waals surface area contributed by atoms with E-state index in [1.54, 1.807) is 18.0 Å². The normalized spacial score (nSPS) is 23.9. The van der Waals surface area contributed by atoms with Crippen molar-refractivity contribution in [2.24, 2.45) is 0 Å². The molecule has 8 nitrogen and oxygen atoms in total. The Hall–Kier alpha value is -2.45. The molecule has 1 spiro atoms. The van der Waals surface area contributed by atoms with E-state index in [0.717, 1.165) is 12.2 Å². The maximum absolute atomic E-state index is 12.9. The summed E-state index contributed by atoms with van der Waals surface area (Å²) in [6, 6.07) is 3.94. The Morgan fingerprint density at radius 1 is 1.23 bits per heavy atom. The molecule has 2 aliphatic rings. The maximum Gasteiger partial charge on any atom is 0.259 e. The number of anilines is 1. The summed E-state index contributed by atoms with van der Waals surface area (Å²) in [5.74, 6) is 0.452. The lowest BCUT2D eigenvalue weighted by Crippen LogP contribution is -2.60. The number of hydrogen-bond acceptors (Lipinski definition) is 7. The van der Waals surface area contributed by atoms with Gasteiger partial charge in [-0.15, -0.1) is 0 Å². The minimum absolute atomic E-state index is 0.0800. The molecule has 1 unspecified atom stereocenters. The molecule has 2 aliphatic heterocycles. The van der Waals surface area contributed by atoms with Crippen molar-refractivity contribution in [3.05, 3.63) is 42.0 Å². The molecule has 2 aromatic heterocycles. The van der Waals surface area contributed by atoms with Gasteiger partial charge in [-0.05, 0) is 19.1 Å². The summed E-state index contributed by atoms with van der Waals surface area (Å²) in [6.07, 6.45) is 5.07. The monoisotopic (exact) mass is 358 g/mol. The Morgan fingerprint density at radius 2 is 2.15 bits per heavy atom. The van der Waals surface area contributed by atoms with Crippen molar-refractivity contribution >= 4 is 11.6 Å². The van der Waals surface area contributed by atoms with Crippen molar-refractivity contribution < 1.29 is 18.8 Å². The van der Waals surface area contributed by atoms with E-state index < -0.39 is 5.60 Å². The van der Waals surface area contributed by atoms with Gasteiger partial charge in [0.15, 0.2) is 0 Å². The summed E-state index contributed by atoms with van der Waals surface area (Å²) in [7, 11) is 0. The Morgan fingerprint density at radius 3 is 2.92 bits per heavy atom. The van der Waals surface area contributed by atoms with Crippen LogP contribution in [0.1, 0.15) is 16.1 Å². The molecule has 0 saturated carbocycles. The zero-order valence-corrected chi connectivity index (χ0v) is 14.8. The van der Waals surface area contributed by atoms with Gasteiger partial charge in [-0.2, -0.15) is 0 Å². The highest BCUT2D eigenvalue weighted by Crippen LogP contribution is 2.26. The molecular formula is C18H22N4O4. The van der Waals surface area contributed by atoms with Crippen LogP contribution >= 0.6 is 0 Å². The molecular weight excluding hydrogens is 336 g/mol. The van der Waals surface area contributed by atoms with Gasteiger partial charge >= 0.3 is 0 Å². The van der Waals surface area contributed by atoms with Crippen molar-refractivity contribution in [3.63, 3.8) is 0 Å². The van der Waals surface area contributed by atoms with Crippen LogP contribution in [-0.2, 0) is 9.47 Å². The molecule has 8 heteroatoms. The average Bonchev–Trinajstić information content (AvgIpc) is 3.00. The molecule has 0 aliphatic carbocycles. The first-order chi connectivity index (χ1) is 12.7. The number of pyridine rings is 1. The molecule has 0 N–H and O–H groups in total. The Balaban J connectivity index is 1.54. The lowest BCUT2D eigenvalue weighted by molar-refractivity contribution is -0.124. The number of morpholine rings is 1. The van der Waals surface area contributed by atoms with Gasteiger partial charge in [-0.25, -0.2) is 0 Å². The molecule has 4 heterocycles. The number of aromatic nitrogens is 2. The Bertz CT molecular complexity index is 766. The van der Waals surface area contributed by atoms with E-state index in [2.05, 4.69) is 15.0 Å². The fourth-order valence-electron chi connectivity index (χ4n) is 3.54. The van der Waals surface area contributed by atoms with E-state index >= 15 is 0 Å². The lowest BCUT2D eigenvalue weighted by Gasteiger charge is -2.43. The second-order valence-corrected chi connectivity index (χ2v) is 6.74. The van der Waals surface area contributed by atoms with Gasteiger partial charge in [0.1, 0.15) is 16.9 Å². The third-order valence-corrected chi connectivity index (χ3v) is 4.88. The van der Waals surface area contributed by atoms with E-state index in [-0.39, 0.29) is 5.91 Å².